The van der Waals surface area contributed by atoms with Gasteiger partial charge in [0, 0.05) is 24.9 Å². The van der Waals surface area contributed by atoms with E-state index in [1.165, 1.54) is 16.9 Å². The molecule has 186 valence electrons. The molecule has 1 fully saturated rings. The fraction of sp³-hybridized carbons (Fsp3) is 0.333. The highest BCUT2D eigenvalue weighted by Gasteiger charge is 2.28. The van der Waals surface area contributed by atoms with Gasteiger partial charge in [0.25, 0.3) is 5.91 Å². The van der Waals surface area contributed by atoms with Crippen LogP contribution in [0.5, 0.6) is 0 Å². The van der Waals surface area contributed by atoms with Gasteiger partial charge in [-0.15, -0.1) is 21.5 Å². The number of para-hydroxylation sites is 1. The number of carbonyl (C=O) groups excluding carboxylic acids is 1. The van der Waals surface area contributed by atoms with Gasteiger partial charge in [0.05, 0.1) is 23.6 Å². The second-order valence-electron chi connectivity index (χ2n) is 9.07. The second kappa shape index (κ2) is 10.9. The highest BCUT2D eigenvalue weighted by molar-refractivity contribution is 7.98. The van der Waals surface area contributed by atoms with Crippen molar-refractivity contribution in [2.45, 2.75) is 50.3 Å². The number of thioether (sulfide) groups is 1. The molecule has 0 aliphatic carbocycles. The Bertz CT molecular complexity index is 1330. The summed E-state index contributed by atoms with van der Waals surface area (Å²) in [6, 6.07) is 18.6. The number of hydrogen-bond donors (Lipinski definition) is 0. The van der Waals surface area contributed by atoms with Crippen molar-refractivity contribution in [2.24, 2.45) is 0 Å². The van der Waals surface area contributed by atoms with Crippen molar-refractivity contribution in [1.82, 2.24) is 24.6 Å². The van der Waals surface area contributed by atoms with Crippen molar-refractivity contribution in [3.63, 3.8) is 0 Å². The molecule has 4 aromatic rings. The topological polar surface area (TPSA) is 73.1 Å². The zero-order valence-electron chi connectivity index (χ0n) is 20.6. The second-order valence-corrected chi connectivity index (χ2v) is 11.0. The van der Waals surface area contributed by atoms with E-state index in [-0.39, 0.29) is 18.1 Å². The van der Waals surface area contributed by atoms with Gasteiger partial charge in [0.1, 0.15) is 16.5 Å². The third-order valence-electron chi connectivity index (χ3n) is 6.06. The Kier molecular flexibility index (Phi) is 7.50. The van der Waals surface area contributed by atoms with E-state index < -0.39 is 0 Å². The molecule has 2 atom stereocenters. The quantitative estimate of drug-likeness (QED) is 0.314. The first-order valence-electron chi connectivity index (χ1n) is 12.0. The molecule has 0 radical (unpaired) electrons. The standard InChI is InChI=1S/C27H29N5O2S2/c1-18-9-7-8-12-23(18)32-24(13-21-10-5-4-6-11-21)29-30-27(32)36-17-25-28-22(16-35-25)26(33)31-14-19(2)34-20(3)15-31/h4-12,16,19-20H,13-15,17H2,1-3H3. The molecule has 1 aliphatic rings. The number of thiazole rings is 1. The Balaban J connectivity index is 1.35. The first-order valence-corrected chi connectivity index (χ1v) is 13.9. The molecule has 0 bridgehead atoms. The van der Waals surface area contributed by atoms with Crippen LogP contribution in [-0.4, -0.2) is 55.9 Å². The van der Waals surface area contributed by atoms with Crippen molar-refractivity contribution in [3.8, 4) is 5.69 Å². The van der Waals surface area contributed by atoms with Crippen molar-refractivity contribution in [2.75, 3.05) is 13.1 Å². The van der Waals surface area contributed by atoms with Crippen molar-refractivity contribution < 1.29 is 9.53 Å². The lowest BCUT2D eigenvalue weighted by molar-refractivity contribution is -0.0587. The zero-order valence-corrected chi connectivity index (χ0v) is 22.3. The highest BCUT2D eigenvalue weighted by atomic mass is 32.2. The minimum Gasteiger partial charge on any atom is -0.372 e. The van der Waals surface area contributed by atoms with Gasteiger partial charge in [-0.2, -0.15) is 0 Å². The average molecular weight is 520 g/mol. The summed E-state index contributed by atoms with van der Waals surface area (Å²) in [6.45, 7) is 7.27. The number of aryl methyl sites for hydroxylation is 1. The lowest BCUT2D eigenvalue weighted by Gasteiger charge is -2.34. The van der Waals surface area contributed by atoms with Crippen molar-refractivity contribution in [1.29, 1.82) is 0 Å². The minimum absolute atomic E-state index is 0.0299. The number of ether oxygens (including phenoxy) is 1. The molecule has 36 heavy (non-hydrogen) atoms. The first kappa shape index (κ1) is 24.7. The van der Waals surface area contributed by atoms with E-state index in [0.29, 0.717) is 31.0 Å². The summed E-state index contributed by atoms with van der Waals surface area (Å²) in [5, 5.41) is 12.7. The third-order valence-corrected chi connectivity index (χ3v) is 8.04. The van der Waals surface area contributed by atoms with E-state index in [0.717, 1.165) is 27.2 Å². The van der Waals surface area contributed by atoms with Crippen LogP contribution in [0.2, 0.25) is 0 Å². The molecule has 3 heterocycles. The van der Waals surface area contributed by atoms with Crippen LogP contribution in [0.1, 0.15) is 46.3 Å². The van der Waals surface area contributed by atoms with Crippen LogP contribution in [0.25, 0.3) is 5.69 Å². The largest absolute Gasteiger partial charge is 0.372 e. The van der Waals surface area contributed by atoms with Crippen LogP contribution in [-0.2, 0) is 16.9 Å². The lowest BCUT2D eigenvalue weighted by atomic mass is 10.1. The maximum atomic E-state index is 13.0. The summed E-state index contributed by atoms with van der Waals surface area (Å²) < 4.78 is 7.90. The number of hydrogen-bond acceptors (Lipinski definition) is 7. The Hall–Kier alpha value is -3.01. The van der Waals surface area contributed by atoms with Crippen LogP contribution in [0.3, 0.4) is 0 Å². The molecule has 2 aromatic heterocycles. The lowest BCUT2D eigenvalue weighted by Crippen LogP contribution is -2.48. The summed E-state index contributed by atoms with van der Waals surface area (Å²) in [5.41, 5.74) is 3.92. The Morgan fingerprint density at radius 1 is 1.06 bits per heavy atom. The van der Waals surface area contributed by atoms with Crippen LogP contribution < -0.4 is 0 Å². The predicted octanol–water partition coefficient (Wildman–Crippen LogP) is 5.16. The van der Waals surface area contributed by atoms with Gasteiger partial charge in [0.15, 0.2) is 5.16 Å². The SMILES string of the molecule is Cc1ccccc1-n1c(Cc2ccccc2)nnc1SCc1nc(C(=O)N2CC(C)OC(C)C2)cs1. The molecule has 2 unspecified atom stereocenters. The van der Waals surface area contributed by atoms with Crippen LogP contribution >= 0.6 is 23.1 Å². The van der Waals surface area contributed by atoms with Gasteiger partial charge in [-0.25, -0.2) is 4.98 Å². The van der Waals surface area contributed by atoms with Crippen LogP contribution in [0.15, 0.2) is 65.1 Å². The monoisotopic (exact) mass is 519 g/mol. The van der Waals surface area contributed by atoms with Gasteiger partial charge in [0.2, 0.25) is 0 Å². The molecule has 7 nitrogen and oxygen atoms in total. The maximum Gasteiger partial charge on any atom is 0.273 e. The molecule has 1 saturated heterocycles. The van der Waals surface area contributed by atoms with Crippen molar-refractivity contribution >= 4 is 29.0 Å². The van der Waals surface area contributed by atoms with E-state index in [2.05, 4.69) is 50.9 Å². The van der Waals surface area contributed by atoms with E-state index in [9.17, 15) is 4.79 Å². The molecule has 1 amide bonds. The van der Waals surface area contributed by atoms with Gasteiger partial charge < -0.3 is 9.64 Å². The smallest absolute Gasteiger partial charge is 0.273 e. The Morgan fingerprint density at radius 2 is 1.78 bits per heavy atom. The Morgan fingerprint density at radius 3 is 2.53 bits per heavy atom. The summed E-state index contributed by atoms with van der Waals surface area (Å²) in [7, 11) is 0. The fourth-order valence-electron chi connectivity index (χ4n) is 4.45. The molecular formula is C27H29N5O2S2. The fourth-order valence-corrected chi connectivity index (χ4v) is 6.20. The molecular weight excluding hydrogens is 490 g/mol. The number of benzene rings is 2. The average Bonchev–Trinajstić information content (AvgIpc) is 3.50. The highest BCUT2D eigenvalue weighted by Crippen LogP contribution is 2.29. The zero-order chi connectivity index (χ0) is 25.1. The minimum atomic E-state index is -0.0299. The molecule has 5 rings (SSSR count). The normalized spacial score (nSPS) is 17.9. The van der Waals surface area contributed by atoms with Crippen LogP contribution in [0, 0.1) is 6.92 Å². The Labute approximate surface area is 219 Å². The molecule has 1 aliphatic heterocycles. The summed E-state index contributed by atoms with van der Waals surface area (Å²) in [4.78, 5) is 19.5. The summed E-state index contributed by atoms with van der Waals surface area (Å²) >= 11 is 3.10. The van der Waals surface area contributed by atoms with Gasteiger partial charge in [-0.1, -0.05) is 60.3 Å². The third kappa shape index (κ3) is 5.53. The molecule has 0 saturated carbocycles. The molecule has 2 aromatic carbocycles. The number of morpholine rings is 1. The number of aromatic nitrogens is 4. The van der Waals surface area contributed by atoms with Gasteiger partial charge >= 0.3 is 0 Å². The van der Waals surface area contributed by atoms with E-state index in [4.69, 9.17) is 4.74 Å². The van der Waals surface area contributed by atoms with E-state index >= 15 is 0 Å². The molecule has 9 heteroatoms. The number of rotatable bonds is 7. The predicted molar refractivity (Wildman–Crippen MR) is 143 cm³/mol. The van der Waals surface area contributed by atoms with E-state index in [1.807, 2.05) is 54.5 Å². The first-order chi connectivity index (χ1) is 17.5. The van der Waals surface area contributed by atoms with Gasteiger partial charge in [-0.05, 0) is 38.0 Å². The number of amides is 1. The van der Waals surface area contributed by atoms with E-state index in [1.54, 1.807) is 11.8 Å². The van der Waals surface area contributed by atoms with Gasteiger partial charge in [-0.3, -0.25) is 9.36 Å². The van der Waals surface area contributed by atoms with Crippen LogP contribution in [0.4, 0.5) is 0 Å². The van der Waals surface area contributed by atoms with Crippen molar-refractivity contribution in [3.05, 3.63) is 87.6 Å². The summed E-state index contributed by atoms with van der Waals surface area (Å²) in [6.07, 6.45) is 0.753. The molecule has 0 spiro atoms. The summed E-state index contributed by atoms with van der Waals surface area (Å²) in [5.74, 6) is 1.48. The number of nitrogens with zero attached hydrogens (tertiary/aromatic N) is 5. The molecule has 0 N–H and O–H groups in total. The number of carbonyl (C=O) groups is 1. The maximum absolute atomic E-state index is 13.0.